The van der Waals surface area contributed by atoms with E-state index in [2.05, 4.69) is 39.0 Å². The van der Waals surface area contributed by atoms with Crippen LogP contribution in [0, 0.1) is 0 Å². The Morgan fingerprint density at radius 1 is 1.21 bits per heavy atom. The number of rotatable bonds is 4. The van der Waals surface area contributed by atoms with Crippen LogP contribution < -0.4 is 15.0 Å². The van der Waals surface area contributed by atoms with Gasteiger partial charge in [-0.15, -0.1) is 0 Å². The van der Waals surface area contributed by atoms with Gasteiger partial charge in [0.2, 0.25) is 0 Å². The average molecular weight is 381 g/mol. The van der Waals surface area contributed by atoms with Gasteiger partial charge in [-0.2, -0.15) is 0 Å². The molecule has 0 unspecified atom stereocenters. The van der Waals surface area contributed by atoms with Crippen LogP contribution in [0.25, 0.3) is 0 Å². The van der Waals surface area contributed by atoms with Crippen molar-refractivity contribution in [3.8, 4) is 11.8 Å². The number of ether oxygens (including phenoxy) is 2. The fourth-order valence-electron chi connectivity index (χ4n) is 3.78. The van der Waals surface area contributed by atoms with E-state index < -0.39 is 5.60 Å². The van der Waals surface area contributed by atoms with Gasteiger partial charge >= 0.3 is 6.01 Å². The van der Waals surface area contributed by atoms with Crippen LogP contribution in [-0.2, 0) is 10.3 Å². The molecule has 0 saturated carbocycles. The largest absolute Gasteiger partial charge is 0.470 e. The van der Waals surface area contributed by atoms with E-state index in [4.69, 9.17) is 9.47 Å². The summed E-state index contributed by atoms with van der Waals surface area (Å²) in [5.74, 6) is 1.31. The van der Waals surface area contributed by atoms with E-state index >= 15 is 0 Å². The Kier molecular flexibility index (Phi) is 4.50. The maximum atomic E-state index is 6.02. The Morgan fingerprint density at radius 3 is 2.64 bits per heavy atom. The summed E-state index contributed by atoms with van der Waals surface area (Å²) >= 11 is 0. The number of anilines is 1. The van der Waals surface area contributed by atoms with Crippen molar-refractivity contribution in [3.63, 3.8) is 0 Å². The lowest BCUT2D eigenvalue weighted by molar-refractivity contribution is 0.0865. The first-order chi connectivity index (χ1) is 13.3. The molecule has 1 N–H and O–H groups in total. The average Bonchev–Trinajstić information content (AvgIpc) is 3.04. The normalized spacial score (nSPS) is 23.0. The molecule has 1 saturated heterocycles. The van der Waals surface area contributed by atoms with Gasteiger partial charge < -0.3 is 14.4 Å². The number of hydrogen-bond acceptors (Lipinski definition) is 7. The molecule has 0 aliphatic carbocycles. The molecule has 1 aromatic carbocycles. The Labute approximate surface area is 165 Å². The molecular formula is C21H27N5O2. The van der Waals surface area contributed by atoms with Crippen molar-refractivity contribution >= 4 is 17.3 Å². The van der Waals surface area contributed by atoms with E-state index in [1.54, 1.807) is 0 Å². The molecule has 1 fully saturated rings. The van der Waals surface area contributed by atoms with E-state index in [0.29, 0.717) is 17.7 Å². The Bertz CT molecular complexity index is 910. The zero-order chi connectivity index (χ0) is 19.9. The molecule has 4 rings (SSSR count). The molecule has 1 aromatic heterocycles. The molecular weight excluding hydrogens is 354 g/mol. The standard InChI is InChI=1S/C21H27N5O2/c1-6-21(5)12-26(13-24-21)15-10-22-19(23-11-15)27-17-9-7-8-16-18(17)20(3,4)28-14(2)25-16/h7-11,24H,6,12-13H2,1-5H3/t21-/m1/s1. The first kappa shape index (κ1) is 18.7. The number of benzene rings is 1. The highest BCUT2D eigenvalue weighted by atomic mass is 16.5. The molecule has 0 amide bonds. The highest BCUT2D eigenvalue weighted by Crippen LogP contribution is 2.43. The summed E-state index contributed by atoms with van der Waals surface area (Å²) < 4.78 is 11.9. The molecule has 0 radical (unpaired) electrons. The number of nitrogens with zero attached hydrogens (tertiary/aromatic N) is 4. The fourth-order valence-corrected chi connectivity index (χ4v) is 3.78. The van der Waals surface area contributed by atoms with E-state index in [1.807, 2.05) is 51.4 Å². The number of aliphatic imine (C=N–C) groups is 1. The van der Waals surface area contributed by atoms with Crippen molar-refractivity contribution in [3.05, 3.63) is 36.2 Å². The van der Waals surface area contributed by atoms with Gasteiger partial charge in [-0.1, -0.05) is 13.0 Å². The van der Waals surface area contributed by atoms with Crippen LogP contribution in [0.5, 0.6) is 11.8 Å². The lowest BCUT2D eigenvalue weighted by Crippen LogP contribution is -2.38. The van der Waals surface area contributed by atoms with Crippen LogP contribution in [0.4, 0.5) is 11.4 Å². The van der Waals surface area contributed by atoms with Crippen molar-refractivity contribution < 1.29 is 9.47 Å². The summed E-state index contributed by atoms with van der Waals surface area (Å²) in [6.07, 6.45) is 4.69. The van der Waals surface area contributed by atoms with Gasteiger partial charge in [-0.25, -0.2) is 15.0 Å². The van der Waals surface area contributed by atoms with Crippen molar-refractivity contribution in [1.29, 1.82) is 0 Å². The second-order valence-corrected chi connectivity index (χ2v) is 8.17. The summed E-state index contributed by atoms with van der Waals surface area (Å²) in [7, 11) is 0. The monoisotopic (exact) mass is 381 g/mol. The minimum Gasteiger partial charge on any atom is -0.470 e. The molecule has 1 atom stereocenters. The third-order valence-corrected chi connectivity index (χ3v) is 5.48. The third-order valence-electron chi connectivity index (χ3n) is 5.48. The molecule has 7 nitrogen and oxygen atoms in total. The van der Waals surface area contributed by atoms with Gasteiger partial charge in [0.05, 0.1) is 36.0 Å². The van der Waals surface area contributed by atoms with Crippen molar-refractivity contribution in [2.24, 2.45) is 4.99 Å². The quantitative estimate of drug-likeness (QED) is 0.859. The van der Waals surface area contributed by atoms with E-state index in [1.165, 1.54) is 0 Å². The van der Waals surface area contributed by atoms with E-state index in [9.17, 15) is 0 Å². The Balaban J connectivity index is 1.56. The molecule has 148 valence electrons. The molecule has 2 aliphatic rings. The first-order valence-electron chi connectivity index (χ1n) is 9.67. The predicted molar refractivity (Wildman–Crippen MR) is 109 cm³/mol. The lowest BCUT2D eigenvalue weighted by Gasteiger charge is -2.32. The van der Waals surface area contributed by atoms with Crippen molar-refractivity contribution in [2.75, 3.05) is 18.1 Å². The van der Waals surface area contributed by atoms with Gasteiger partial charge in [0.1, 0.15) is 11.4 Å². The summed E-state index contributed by atoms with van der Waals surface area (Å²) in [6.45, 7) is 12.0. The van der Waals surface area contributed by atoms with Gasteiger partial charge in [0.15, 0.2) is 5.90 Å². The smallest absolute Gasteiger partial charge is 0.322 e. The van der Waals surface area contributed by atoms with Crippen LogP contribution in [0.1, 0.15) is 46.6 Å². The van der Waals surface area contributed by atoms with Gasteiger partial charge in [-0.3, -0.25) is 5.32 Å². The minimum absolute atomic E-state index is 0.127. The zero-order valence-electron chi connectivity index (χ0n) is 17.1. The topological polar surface area (TPSA) is 71.9 Å². The molecule has 2 aliphatic heterocycles. The molecule has 2 aromatic rings. The van der Waals surface area contributed by atoms with Crippen LogP contribution in [-0.4, -0.2) is 34.6 Å². The fraction of sp³-hybridized carbons (Fsp3) is 0.476. The molecule has 0 bridgehead atoms. The summed E-state index contributed by atoms with van der Waals surface area (Å²) in [6, 6.07) is 6.09. The van der Waals surface area contributed by atoms with Crippen molar-refractivity contribution in [2.45, 2.75) is 52.2 Å². The van der Waals surface area contributed by atoms with Crippen LogP contribution in [0.15, 0.2) is 35.6 Å². The Hall–Kier alpha value is -2.67. The molecule has 3 heterocycles. The van der Waals surface area contributed by atoms with Gasteiger partial charge in [-0.05, 0) is 39.3 Å². The Morgan fingerprint density at radius 2 is 1.96 bits per heavy atom. The number of fused-ring (bicyclic) bond motifs is 1. The third kappa shape index (κ3) is 3.42. The molecule has 7 heteroatoms. The second kappa shape index (κ2) is 6.74. The molecule has 0 spiro atoms. The summed E-state index contributed by atoms with van der Waals surface area (Å²) in [5, 5.41) is 3.55. The second-order valence-electron chi connectivity index (χ2n) is 8.17. The number of nitrogens with one attached hydrogen (secondary N) is 1. The minimum atomic E-state index is -0.538. The number of aromatic nitrogens is 2. The predicted octanol–water partition coefficient (Wildman–Crippen LogP) is 4.12. The van der Waals surface area contributed by atoms with Crippen molar-refractivity contribution in [1.82, 2.24) is 15.3 Å². The highest BCUT2D eigenvalue weighted by molar-refractivity contribution is 5.81. The number of hydrogen-bond donors (Lipinski definition) is 1. The van der Waals surface area contributed by atoms with Gasteiger partial charge in [0, 0.05) is 19.0 Å². The van der Waals surface area contributed by atoms with Gasteiger partial charge in [0.25, 0.3) is 0 Å². The first-order valence-corrected chi connectivity index (χ1v) is 9.67. The maximum absolute atomic E-state index is 6.02. The maximum Gasteiger partial charge on any atom is 0.322 e. The lowest BCUT2D eigenvalue weighted by atomic mass is 9.94. The summed E-state index contributed by atoms with van der Waals surface area (Å²) in [4.78, 5) is 15.6. The van der Waals surface area contributed by atoms with Crippen LogP contribution in [0.3, 0.4) is 0 Å². The van der Waals surface area contributed by atoms with E-state index in [0.717, 1.165) is 36.6 Å². The van der Waals surface area contributed by atoms with E-state index in [-0.39, 0.29) is 5.54 Å². The molecule has 28 heavy (non-hydrogen) atoms. The zero-order valence-corrected chi connectivity index (χ0v) is 17.1. The summed E-state index contributed by atoms with van der Waals surface area (Å²) in [5.41, 5.74) is 2.32. The van der Waals surface area contributed by atoms with Crippen LogP contribution in [0.2, 0.25) is 0 Å². The SMILES string of the molecule is CC[C@]1(C)CN(c2cnc(Oc3cccc4c3C(C)(C)OC(C)=N4)nc2)CN1. The van der Waals surface area contributed by atoms with Crippen LogP contribution >= 0.6 is 0 Å². The highest BCUT2D eigenvalue weighted by Gasteiger charge is 2.34.